The van der Waals surface area contributed by atoms with Crippen LogP contribution >= 0.6 is 11.6 Å². The summed E-state index contributed by atoms with van der Waals surface area (Å²) in [5.74, 6) is 0.602. The maximum Gasteiger partial charge on any atom is 0.253 e. The third kappa shape index (κ3) is 4.44. The first-order valence-electron chi connectivity index (χ1n) is 11.0. The Labute approximate surface area is 197 Å². The summed E-state index contributed by atoms with van der Waals surface area (Å²) in [5.41, 5.74) is 4.36. The highest BCUT2D eigenvalue weighted by Crippen LogP contribution is 2.34. The Morgan fingerprint density at radius 3 is 2.97 bits per heavy atom. The lowest BCUT2D eigenvalue weighted by Gasteiger charge is -2.25. The van der Waals surface area contributed by atoms with Gasteiger partial charge in [0, 0.05) is 30.5 Å². The number of anilines is 5. The van der Waals surface area contributed by atoms with Crippen LogP contribution in [0.25, 0.3) is 0 Å². The van der Waals surface area contributed by atoms with E-state index in [1.807, 2.05) is 12.1 Å². The van der Waals surface area contributed by atoms with Gasteiger partial charge in [-0.15, -0.1) is 0 Å². The molecule has 9 heteroatoms. The Morgan fingerprint density at radius 1 is 1.21 bits per heavy atom. The van der Waals surface area contributed by atoms with Gasteiger partial charge in [0.15, 0.2) is 5.82 Å². The number of carbonyl (C=O) groups excluding carboxylic acids is 1. The van der Waals surface area contributed by atoms with Crippen molar-refractivity contribution < 1.29 is 9.53 Å². The molecule has 0 saturated carbocycles. The lowest BCUT2D eigenvalue weighted by atomic mass is 10.1. The van der Waals surface area contributed by atoms with Gasteiger partial charge in [-0.2, -0.15) is 4.98 Å². The molecule has 0 unspecified atom stereocenters. The van der Waals surface area contributed by atoms with Gasteiger partial charge in [-0.1, -0.05) is 23.7 Å². The first-order chi connectivity index (χ1) is 16.1. The first kappa shape index (κ1) is 21.5. The van der Waals surface area contributed by atoms with E-state index in [9.17, 15) is 4.79 Å². The van der Waals surface area contributed by atoms with E-state index >= 15 is 0 Å². The Bertz CT molecular complexity index is 1190. The number of para-hydroxylation sites is 1. The lowest BCUT2D eigenvalue weighted by molar-refractivity contribution is 0.0964. The largest absolute Gasteiger partial charge is 0.375 e. The fourth-order valence-electron chi connectivity index (χ4n) is 4.39. The molecule has 8 nitrogen and oxygen atoms in total. The molecule has 2 aromatic carbocycles. The number of benzene rings is 2. The second-order valence-electron chi connectivity index (χ2n) is 8.11. The van der Waals surface area contributed by atoms with E-state index in [0.717, 1.165) is 24.4 Å². The predicted molar refractivity (Wildman–Crippen MR) is 130 cm³/mol. The molecule has 3 N–H and O–H groups in total. The smallest absolute Gasteiger partial charge is 0.253 e. The Hall–Kier alpha value is -3.36. The van der Waals surface area contributed by atoms with Gasteiger partial charge in [0.25, 0.3) is 5.91 Å². The van der Waals surface area contributed by atoms with Crippen molar-refractivity contribution in [3.05, 3.63) is 64.8 Å². The van der Waals surface area contributed by atoms with Crippen LogP contribution in [0.15, 0.2) is 48.7 Å². The summed E-state index contributed by atoms with van der Waals surface area (Å²) in [7, 11) is 1.59. The van der Waals surface area contributed by atoms with Crippen molar-refractivity contribution in [2.75, 3.05) is 35.7 Å². The zero-order valence-electron chi connectivity index (χ0n) is 18.3. The lowest BCUT2D eigenvalue weighted by Crippen LogP contribution is -2.31. The third-order valence-electron chi connectivity index (χ3n) is 5.99. The second kappa shape index (κ2) is 9.25. The number of nitrogens with zero attached hydrogens (tertiary/aromatic N) is 3. The van der Waals surface area contributed by atoms with E-state index in [-0.39, 0.29) is 5.91 Å². The minimum absolute atomic E-state index is 0.200. The summed E-state index contributed by atoms with van der Waals surface area (Å²) in [6.07, 6.45) is 3.91. The molecule has 3 aromatic rings. The molecule has 0 spiro atoms. The number of amides is 1. The van der Waals surface area contributed by atoms with Gasteiger partial charge in [0.1, 0.15) is 5.02 Å². The summed E-state index contributed by atoms with van der Waals surface area (Å²) in [4.78, 5) is 23.5. The van der Waals surface area contributed by atoms with E-state index in [1.165, 1.54) is 24.7 Å². The van der Waals surface area contributed by atoms with Crippen LogP contribution in [0, 0.1) is 0 Å². The van der Waals surface area contributed by atoms with Gasteiger partial charge in [-0.05, 0) is 43.2 Å². The highest BCUT2D eigenvalue weighted by molar-refractivity contribution is 6.33. The van der Waals surface area contributed by atoms with E-state index in [0.29, 0.717) is 40.7 Å². The second-order valence-corrected chi connectivity index (χ2v) is 8.52. The first-order valence-corrected chi connectivity index (χ1v) is 11.3. The fourth-order valence-corrected chi connectivity index (χ4v) is 4.52. The van der Waals surface area contributed by atoms with Crippen LogP contribution in [0.2, 0.25) is 5.02 Å². The van der Waals surface area contributed by atoms with Gasteiger partial charge in [-0.3, -0.25) is 4.79 Å². The minimum Gasteiger partial charge on any atom is -0.375 e. The molecular formula is C24H25ClN6O2. The number of hydrogen-bond acceptors (Lipinski definition) is 7. The Balaban J connectivity index is 1.38. The van der Waals surface area contributed by atoms with Crippen LogP contribution in [0.1, 0.15) is 28.8 Å². The molecule has 0 radical (unpaired) electrons. The molecule has 2 aliphatic heterocycles. The molecule has 33 heavy (non-hydrogen) atoms. The standard InChI is InChI=1S/C24H25ClN6O2/c1-26-23(32)18-6-2-3-7-20(18)29-22-19(25)12-27-24(30-22)28-16-8-9-21-15(11-16)13-33-14-17-5-4-10-31(17)21/h2-3,6-9,11-12,17H,4-5,10,13-14H2,1H3,(H,26,32)(H2,27,28,29,30)/t17-/m0/s1. The maximum atomic E-state index is 12.2. The molecule has 1 fully saturated rings. The molecule has 1 saturated heterocycles. The van der Waals surface area contributed by atoms with Crippen molar-refractivity contribution in [3.63, 3.8) is 0 Å². The number of hydrogen-bond donors (Lipinski definition) is 3. The predicted octanol–water partition coefficient (Wildman–Crippen LogP) is 4.48. The van der Waals surface area contributed by atoms with Crippen LogP contribution in [-0.4, -0.2) is 42.1 Å². The number of nitrogens with one attached hydrogen (secondary N) is 3. The summed E-state index contributed by atoms with van der Waals surface area (Å²) >= 11 is 6.34. The topological polar surface area (TPSA) is 91.4 Å². The van der Waals surface area contributed by atoms with Crippen molar-refractivity contribution in [1.82, 2.24) is 15.3 Å². The normalized spacial score (nSPS) is 17.0. The van der Waals surface area contributed by atoms with Crippen LogP contribution in [0.4, 0.5) is 28.8 Å². The average Bonchev–Trinajstić information content (AvgIpc) is 3.22. The minimum atomic E-state index is -0.200. The zero-order chi connectivity index (χ0) is 22.8. The molecule has 2 aliphatic rings. The Morgan fingerprint density at radius 2 is 2.09 bits per heavy atom. The maximum absolute atomic E-state index is 12.2. The van der Waals surface area contributed by atoms with Crippen LogP contribution in [0.5, 0.6) is 0 Å². The third-order valence-corrected chi connectivity index (χ3v) is 6.26. The van der Waals surface area contributed by atoms with Gasteiger partial charge in [-0.25, -0.2) is 4.98 Å². The SMILES string of the molecule is CNC(=O)c1ccccc1Nc1nc(Nc2ccc3c(c2)COC[C@@H]2CCCN32)ncc1Cl. The van der Waals surface area contributed by atoms with E-state index in [2.05, 4.69) is 43.0 Å². The van der Waals surface area contributed by atoms with Crippen molar-refractivity contribution in [2.24, 2.45) is 0 Å². The summed E-state index contributed by atoms with van der Waals surface area (Å²) < 4.78 is 5.92. The molecule has 1 amide bonds. The number of rotatable bonds is 5. The quantitative estimate of drug-likeness (QED) is 0.513. The summed E-state index contributed by atoms with van der Waals surface area (Å²) in [5, 5.41) is 9.41. The van der Waals surface area contributed by atoms with Gasteiger partial charge in [0.05, 0.1) is 36.7 Å². The van der Waals surface area contributed by atoms with Crippen LogP contribution < -0.4 is 20.9 Å². The molecule has 5 rings (SSSR count). The van der Waals surface area contributed by atoms with Crippen molar-refractivity contribution >= 4 is 46.3 Å². The van der Waals surface area contributed by atoms with Gasteiger partial charge >= 0.3 is 0 Å². The molecule has 170 valence electrons. The van der Waals surface area contributed by atoms with Crippen molar-refractivity contribution in [1.29, 1.82) is 0 Å². The van der Waals surface area contributed by atoms with Crippen LogP contribution in [-0.2, 0) is 11.3 Å². The number of carbonyl (C=O) groups is 1. The summed E-state index contributed by atoms with van der Waals surface area (Å²) in [6.45, 7) is 2.42. The van der Waals surface area contributed by atoms with Crippen molar-refractivity contribution in [3.8, 4) is 0 Å². The Kier molecular flexibility index (Phi) is 6.02. The average molecular weight is 465 g/mol. The number of ether oxygens (including phenoxy) is 1. The highest BCUT2D eigenvalue weighted by Gasteiger charge is 2.29. The number of fused-ring (bicyclic) bond motifs is 3. The van der Waals surface area contributed by atoms with Gasteiger partial charge in [0.2, 0.25) is 5.95 Å². The summed E-state index contributed by atoms with van der Waals surface area (Å²) in [6, 6.07) is 13.9. The van der Waals surface area contributed by atoms with Crippen molar-refractivity contribution in [2.45, 2.75) is 25.5 Å². The highest BCUT2D eigenvalue weighted by atomic mass is 35.5. The van der Waals surface area contributed by atoms with Gasteiger partial charge < -0.3 is 25.6 Å². The molecule has 0 aliphatic carbocycles. The molecule has 3 heterocycles. The molecular weight excluding hydrogens is 440 g/mol. The number of halogens is 1. The molecule has 1 aromatic heterocycles. The molecule has 1 atom stereocenters. The fraction of sp³-hybridized carbons (Fsp3) is 0.292. The zero-order valence-corrected chi connectivity index (χ0v) is 19.0. The number of aromatic nitrogens is 2. The van der Waals surface area contributed by atoms with E-state index in [1.54, 1.807) is 25.2 Å². The van der Waals surface area contributed by atoms with E-state index < -0.39 is 0 Å². The van der Waals surface area contributed by atoms with E-state index in [4.69, 9.17) is 16.3 Å². The van der Waals surface area contributed by atoms with Crippen LogP contribution in [0.3, 0.4) is 0 Å². The monoisotopic (exact) mass is 464 g/mol. The molecule has 0 bridgehead atoms.